The number of piperazine rings is 1. The van der Waals surface area contributed by atoms with E-state index in [-0.39, 0.29) is 12.0 Å². The van der Waals surface area contributed by atoms with Gasteiger partial charge in [-0.05, 0) is 44.7 Å². The van der Waals surface area contributed by atoms with Crippen molar-refractivity contribution in [1.82, 2.24) is 10.2 Å². The average molecular weight is 320 g/mol. The van der Waals surface area contributed by atoms with Crippen LogP contribution in [-0.2, 0) is 0 Å². The minimum absolute atomic E-state index is 0.102. The molecule has 2 unspecified atom stereocenters. The molecule has 2 rings (SSSR count). The van der Waals surface area contributed by atoms with Crippen LogP contribution in [0.4, 0.5) is 0 Å². The molecular formula is C19H32N2O2. The Bertz CT molecular complexity index is 510. The van der Waals surface area contributed by atoms with Crippen molar-refractivity contribution < 1.29 is 9.84 Å². The summed E-state index contributed by atoms with van der Waals surface area (Å²) in [4.78, 5) is 2.43. The number of benzene rings is 1. The molecule has 0 amide bonds. The van der Waals surface area contributed by atoms with Gasteiger partial charge in [0.2, 0.25) is 0 Å². The highest BCUT2D eigenvalue weighted by Gasteiger charge is 2.26. The van der Waals surface area contributed by atoms with Gasteiger partial charge in [-0.1, -0.05) is 19.1 Å². The molecule has 1 aromatic carbocycles. The predicted molar refractivity (Wildman–Crippen MR) is 95.1 cm³/mol. The maximum atomic E-state index is 11.0. The number of aliphatic hydroxyl groups excluding tert-OH is 1. The number of ether oxygens (including phenoxy) is 1. The van der Waals surface area contributed by atoms with Gasteiger partial charge in [-0.15, -0.1) is 0 Å². The van der Waals surface area contributed by atoms with Crippen LogP contribution in [0.1, 0.15) is 43.6 Å². The third-order valence-electron chi connectivity index (χ3n) is 4.56. The zero-order valence-corrected chi connectivity index (χ0v) is 15.2. The summed E-state index contributed by atoms with van der Waals surface area (Å²) in [6, 6.07) is 4.16. The fourth-order valence-electron chi connectivity index (χ4n) is 3.25. The molecule has 1 saturated heterocycles. The number of aliphatic hydroxyl groups is 1. The molecule has 1 heterocycles. The Labute approximate surface area is 140 Å². The molecule has 4 nitrogen and oxygen atoms in total. The minimum atomic E-state index is -0.501. The second kappa shape index (κ2) is 8.13. The maximum Gasteiger partial charge on any atom is 0.128 e. The van der Waals surface area contributed by atoms with E-state index in [0.717, 1.165) is 55.2 Å². The fraction of sp³-hybridized carbons (Fsp3) is 0.684. The van der Waals surface area contributed by atoms with Crippen LogP contribution >= 0.6 is 0 Å². The first kappa shape index (κ1) is 18.2. The molecular weight excluding hydrogens is 288 g/mol. The van der Waals surface area contributed by atoms with E-state index in [1.54, 1.807) is 0 Å². The average Bonchev–Trinajstić information content (AvgIpc) is 2.51. The predicted octanol–water partition coefficient (Wildman–Crippen LogP) is 2.67. The summed E-state index contributed by atoms with van der Waals surface area (Å²) in [7, 11) is 0. The minimum Gasteiger partial charge on any atom is -0.490 e. The van der Waals surface area contributed by atoms with Gasteiger partial charge in [0.05, 0.1) is 12.2 Å². The highest BCUT2D eigenvalue weighted by molar-refractivity contribution is 5.47. The first-order valence-corrected chi connectivity index (χ1v) is 8.78. The molecule has 23 heavy (non-hydrogen) atoms. The monoisotopic (exact) mass is 320 g/mol. The second-order valence-corrected chi connectivity index (χ2v) is 7.08. The SMILES string of the molecule is Cc1ccc(C)c(C(O)C(C)CN2CCNCC2)c1OC(C)C. The first-order chi connectivity index (χ1) is 10.9. The number of nitrogens with zero attached hydrogens (tertiary/aromatic N) is 1. The molecule has 4 heteroatoms. The lowest BCUT2D eigenvalue weighted by molar-refractivity contribution is 0.0797. The number of nitrogens with one attached hydrogen (secondary N) is 1. The molecule has 0 bridgehead atoms. The molecule has 130 valence electrons. The highest BCUT2D eigenvalue weighted by Crippen LogP contribution is 2.36. The van der Waals surface area contributed by atoms with Crippen molar-refractivity contribution in [3.63, 3.8) is 0 Å². The van der Waals surface area contributed by atoms with Crippen molar-refractivity contribution in [1.29, 1.82) is 0 Å². The number of hydrogen-bond acceptors (Lipinski definition) is 4. The van der Waals surface area contributed by atoms with Gasteiger partial charge in [0, 0.05) is 38.3 Å². The Balaban J connectivity index is 2.19. The van der Waals surface area contributed by atoms with Crippen LogP contribution in [0, 0.1) is 19.8 Å². The summed E-state index contributed by atoms with van der Waals surface area (Å²) < 4.78 is 6.03. The molecule has 2 N–H and O–H groups in total. The van der Waals surface area contributed by atoms with E-state index >= 15 is 0 Å². The lowest BCUT2D eigenvalue weighted by atomic mass is 9.91. The fourth-order valence-corrected chi connectivity index (χ4v) is 3.25. The number of rotatable bonds is 6. The third kappa shape index (κ3) is 4.69. The molecule has 0 spiro atoms. The van der Waals surface area contributed by atoms with E-state index in [2.05, 4.69) is 36.2 Å². The van der Waals surface area contributed by atoms with Crippen molar-refractivity contribution >= 4 is 0 Å². The van der Waals surface area contributed by atoms with Crippen LogP contribution in [0.15, 0.2) is 12.1 Å². The van der Waals surface area contributed by atoms with Crippen molar-refractivity contribution in [3.8, 4) is 5.75 Å². The van der Waals surface area contributed by atoms with Gasteiger partial charge in [0.25, 0.3) is 0 Å². The molecule has 1 aliphatic rings. The Morgan fingerprint density at radius 2 is 1.74 bits per heavy atom. The van der Waals surface area contributed by atoms with Crippen molar-refractivity contribution in [2.24, 2.45) is 5.92 Å². The van der Waals surface area contributed by atoms with Crippen LogP contribution in [0.25, 0.3) is 0 Å². The van der Waals surface area contributed by atoms with Gasteiger partial charge in [-0.3, -0.25) is 0 Å². The normalized spacial score (nSPS) is 18.9. The van der Waals surface area contributed by atoms with Gasteiger partial charge in [-0.2, -0.15) is 0 Å². The van der Waals surface area contributed by atoms with Crippen molar-refractivity contribution in [3.05, 3.63) is 28.8 Å². The summed E-state index contributed by atoms with van der Waals surface area (Å²) in [6.45, 7) is 15.4. The molecule has 0 saturated carbocycles. The van der Waals surface area contributed by atoms with Gasteiger partial charge < -0.3 is 20.1 Å². The summed E-state index contributed by atoms with van der Waals surface area (Å²) in [5.41, 5.74) is 3.15. The van der Waals surface area contributed by atoms with Crippen LogP contribution in [0.2, 0.25) is 0 Å². The van der Waals surface area contributed by atoms with Crippen LogP contribution < -0.4 is 10.1 Å². The summed E-state index contributed by atoms with van der Waals surface area (Å²) in [6.07, 6.45) is -0.400. The van der Waals surface area contributed by atoms with E-state index in [1.807, 2.05) is 20.8 Å². The molecule has 0 aliphatic carbocycles. The molecule has 0 radical (unpaired) electrons. The van der Waals surface area contributed by atoms with Crippen molar-refractivity contribution in [2.45, 2.75) is 46.8 Å². The molecule has 1 fully saturated rings. The smallest absolute Gasteiger partial charge is 0.128 e. The standard InChI is InChI=1S/C19H32N2O2/c1-13(2)23-19-15(4)7-6-14(3)17(19)18(22)16(5)12-21-10-8-20-9-11-21/h6-7,13,16,18,20,22H,8-12H2,1-5H3. The summed E-state index contributed by atoms with van der Waals surface area (Å²) in [5, 5.41) is 14.4. The van der Waals surface area contributed by atoms with Gasteiger partial charge in [-0.25, -0.2) is 0 Å². The molecule has 2 atom stereocenters. The quantitative estimate of drug-likeness (QED) is 0.846. The van der Waals surface area contributed by atoms with Crippen LogP contribution in [0.5, 0.6) is 5.75 Å². The zero-order valence-electron chi connectivity index (χ0n) is 15.2. The number of aryl methyl sites for hydroxylation is 2. The highest BCUT2D eigenvalue weighted by atomic mass is 16.5. The molecule has 0 aromatic heterocycles. The lowest BCUT2D eigenvalue weighted by Crippen LogP contribution is -2.45. The van der Waals surface area contributed by atoms with E-state index < -0.39 is 6.10 Å². The van der Waals surface area contributed by atoms with E-state index in [0.29, 0.717) is 0 Å². The van der Waals surface area contributed by atoms with E-state index in [4.69, 9.17) is 4.74 Å². The van der Waals surface area contributed by atoms with Crippen molar-refractivity contribution in [2.75, 3.05) is 32.7 Å². The molecule has 1 aromatic rings. The Hall–Kier alpha value is -1.10. The van der Waals surface area contributed by atoms with Gasteiger partial charge in [0.1, 0.15) is 5.75 Å². The summed E-state index contributed by atoms with van der Waals surface area (Å²) in [5.74, 6) is 1.03. The van der Waals surface area contributed by atoms with Crippen LogP contribution in [0.3, 0.4) is 0 Å². The lowest BCUT2D eigenvalue weighted by Gasteiger charge is -2.32. The van der Waals surface area contributed by atoms with Gasteiger partial charge >= 0.3 is 0 Å². The van der Waals surface area contributed by atoms with E-state index in [1.165, 1.54) is 0 Å². The zero-order chi connectivity index (χ0) is 17.0. The number of hydrogen-bond donors (Lipinski definition) is 2. The third-order valence-corrected chi connectivity index (χ3v) is 4.56. The van der Waals surface area contributed by atoms with Crippen LogP contribution in [-0.4, -0.2) is 48.8 Å². The first-order valence-electron chi connectivity index (χ1n) is 8.78. The topological polar surface area (TPSA) is 44.7 Å². The molecule has 1 aliphatic heterocycles. The Kier molecular flexibility index (Phi) is 6.45. The maximum absolute atomic E-state index is 11.0. The van der Waals surface area contributed by atoms with Gasteiger partial charge in [0.15, 0.2) is 0 Å². The largest absolute Gasteiger partial charge is 0.490 e. The van der Waals surface area contributed by atoms with E-state index in [9.17, 15) is 5.11 Å². The summed E-state index contributed by atoms with van der Waals surface area (Å²) >= 11 is 0. The Morgan fingerprint density at radius 3 is 2.35 bits per heavy atom. The second-order valence-electron chi connectivity index (χ2n) is 7.08. The Morgan fingerprint density at radius 1 is 1.13 bits per heavy atom.